The van der Waals surface area contributed by atoms with Crippen LogP contribution >= 0.6 is 0 Å². The van der Waals surface area contributed by atoms with Crippen LogP contribution in [0.5, 0.6) is 0 Å². The summed E-state index contributed by atoms with van der Waals surface area (Å²) < 4.78 is 10.5. The third kappa shape index (κ3) is 4.91. The second-order valence-corrected chi connectivity index (χ2v) is 4.43. The van der Waals surface area contributed by atoms with E-state index < -0.39 is 6.41 Å². The molecule has 1 aliphatic rings. The maximum atomic E-state index is 9.27. The fraction of sp³-hybridized carbons (Fsp3) is 0.600. The van der Waals surface area contributed by atoms with Crippen molar-refractivity contribution in [2.75, 3.05) is 6.61 Å². The van der Waals surface area contributed by atoms with Crippen molar-refractivity contribution >= 4 is 0 Å². The van der Waals surface area contributed by atoms with Gasteiger partial charge < -0.3 is 14.6 Å². The molecule has 0 bridgehead atoms. The average molecular weight is 267 g/mol. The minimum absolute atomic E-state index is 0.0667. The molecule has 2 unspecified atom stereocenters. The van der Waals surface area contributed by atoms with Gasteiger partial charge in [0.2, 0.25) is 6.41 Å². The van der Waals surface area contributed by atoms with E-state index in [0.29, 0.717) is 6.61 Å². The first-order valence-corrected chi connectivity index (χ1v) is 6.91. The Balaban J connectivity index is 0.000000861. The maximum Gasteiger partial charge on any atom is 0.213 e. The van der Waals surface area contributed by atoms with E-state index in [-0.39, 0.29) is 12.7 Å². The first-order valence-electron chi connectivity index (χ1n) is 6.91. The fourth-order valence-corrected chi connectivity index (χ4v) is 2.08. The number of rotatable bonds is 4. The zero-order valence-corrected chi connectivity index (χ0v) is 12.1. The van der Waals surface area contributed by atoms with Gasteiger partial charge in [-0.15, -0.1) is 0 Å². The van der Waals surface area contributed by atoms with Gasteiger partial charge in [-0.2, -0.15) is 0 Å². The second kappa shape index (κ2) is 8.27. The number of aliphatic hydroxyl groups excluding tert-OH is 1. The SMILES string of the molecule is CC.Cc1ccc(CO)c(CCC2COC(N)O2)c1. The number of hydrogen-bond acceptors (Lipinski definition) is 4. The molecule has 0 amide bonds. The Morgan fingerprint density at radius 1 is 1.32 bits per heavy atom. The zero-order valence-electron chi connectivity index (χ0n) is 12.1. The summed E-state index contributed by atoms with van der Waals surface area (Å²) in [6.45, 7) is 6.69. The monoisotopic (exact) mass is 267 g/mol. The molecule has 4 heteroatoms. The molecular weight excluding hydrogens is 242 g/mol. The van der Waals surface area contributed by atoms with E-state index >= 15 is 0 Å². The molecule has 108 valence electrons. The largest absolute Gasteiger partial charge is 0.392 e. The highest BCUT2D eigenvalue weighted by atomic mass is 16.7. The molecule has 2 atom stereocenters. The molecular formula is C15H25NO3. The minimum Gasteiger partial charge on any atom is -0.392 e. The summed E-state index contributed by atoms with van der Waals surface area (Å²) >= 11 is 0. The lowest BCUT2D eigenvalue weighted by Gasteiger charge is -2.11. The number of benzene rings is 1. The van der Waals surface area contributed by atoms with Crippen LogP contribution in [0.4, 0.5) is 0 Å². The van der Waals surface area contributed by atoms with Crippen LogP contribution in [0.25, 0.3) is 0 Å². The molecule has 1 aromatic rings. The van der Waals surface area contributed by atoms with Crippen molar-refractivity contribution in [1.82, 2.24) is 0 Å². The lowest BCUT2D eigenvalue weighted by Crippen LogP contribution is -2.21. The molecule has 0 saturated carbocycles. The van der Waals surface area contributed by atoms with E-state index in [1.165, 1.54) is 11.1 Å². The lowest BCUT2D eigenvalue weighted by atomic mass is 9.99. The highest BCUT2D eigenvalue weighted by molar-refractivity contribution is 5.31. The molecule has 0 aromatic heterocycles. The number of hydrogen-bond donors (Lipinski definition) is 2. The van der Waals surface area contributed by atoms with E-state index in [2.05, 4.69) is 13.0 Å². The standard InChI is InChI=1S/C13H19NO3.C2H6/c1-9-2-3-11(7-15)10(6-9)4-5-12-8-16-13(14)17-12;1-2/h2-3,6,12-13,15H,4-5,7-8,14H2,1H3;1-2H3. The van der Waals surface area contributed by atoms with Crippen molar-refractivity contribution in [1.29, 1.82) is 0 Å². The average Bonchev–Trinajstić information content (AvgIpc) is 2.85. The highest BCUT2D eigenvalue weighted by Crippen LogP contribution is 2.18. The zero-order chi connectivity index (χ0) is 14.3. The molecule has 1 saturated heterocycles. The fourth-order valence-electron chi connectivity index (χ4n) is 2.08. The number of aryl methyl sites for hydroxylation is 2. The molecule has 19 heavy (non-hydrogen) atoms. The summed E-state index contributed by atoms with van der Waals surface area (Å²) in [5.41, 5.74) is 8.86. The first-order chi connectivity index (χ1) is 9.19. The molecule has 4 nitrogen and oxygen atoms in total. The summed E-state index contributed by atoms with van der Waals surface area (Å²) in [6.07, 6.45) is 1.23. The van der Waals surface area contributed by atoms with Gasteiger partial charge in [-0.05, 0) is 30.9 Å². The highest BCUT2D eigenvalue weighted by Gasteiger charge is 2.22. The third-order valence-electron chi connectivity index (χ3n) is 3.04. The third-order valence-corrected chi connectivity index (χ3v) is 3.04. The molecule has 1 fully saturated rings. The van der Waals surface area contributed by atoms with Crippen LogP contribution in [0.15, 0.2) is 18.2 Å². The normalized spacial score (nSPS) is 21.9. The molecule has 1 aromatic carbocycles. The molecule has 0 aliphatic carbocycles. The molecule has 0 spiro atoms. The van der Waals surface area contributed by atoms with Crippen LogP contribution in [0.1, 0.15) is 37.0 Å². The minimum atomic E-state index is -0.574. The van der Waals surface area contributed by atoms with Crippen LogP contribution in [-0.4, -0.2) is 24.2 Å². The van der Waals surface area contributed by atoms with Gasteiger partial charge in [0.15, 0.2) is 0 Å². The Labute approximate surface area is 115 Å². The van der Waals surface area contributed by atoms with E-state index in [1.54, 1.807) is 0 Å². The predicted octanol–water partition coefficient (Wildman–Crippen LogP) is 2.10. The first kappa shape index (κ1) is 16.1. The number of nitrogens with two attached hydrogens (primary N) is 1. The predicted molar refractivity (Wildman–Crippen MR) is 75.6 cm³/mol. The van der Waals surface area contributed by atoms with Gasteiger partial charge in [-0.25, -0.2) is 0 Å². The summed E-state index contributed by atoms with van der Waals surface area (Å²) in [4.78, 5) is 0. The van der Waals surface area contributed by atoms with Crippen molar-refractivity contribution < 1.29 is 14.6 Å². The van der Waals surface area contributed by atoms with Crippen LogP contribution in [-0.2, 0) is 22.5 Å². The Kier molecular flexibility index (Phi) is 7.02. The molecule has 3 N–H and O–H groups in total. The summed E-state index contributed by atoms with van der Waals surface area (Å²) in [5, 5.41) is 9.27. The number of aliphatic hydroxyl groups is 1. The topological polar surface area (TPSA) is 64.7 Å². The quantitative estimate of drug-likeness (QED) is 0.877. The smallest absolute Gasteiger partial charge is 0.213 e. The second-order valence-electron chi connectivity index (χ2n) is 4.43. The van der Waals surface area contributed by atoms with E-state index in [4.69, 9.17) is 15.2 Å². The van der Waals surface area contributed by atoms with Gasteiger partial charge in [-0.1, -0.05) is 37.6 Å². The van der Waals surface area contributed by atoms with Gasteiger partial charge in [-0.3, -0.25) is 5.73 Å². The van der Waals surface area contributed by atoms with Crippen molar-refractivity contribution in [2.45, 2.75) is 52.7 Å². The summed E-state index contributed by atoms with van der Waals surface area (Å²) in [5.74, 6) is 0. The van der Waals surface area contributed by atoms with E-state index in [9.17, 15) is 5.11 Å². The van der Waals surface area contributed by atoms with Gasteiger partial charge in [0.05, 0.1) is 19.3 Å². The van der Waals surface area contributed by atoms with Crippen molar-refractivity contribution in [3.8, 4) is 0 Å². The Bertz CT molecular complexity index is 382. The maximum absolute atomic E-state index is 9.27. The summed E-state index contributed by atoms with van der Waals surface area (Å²) in [6, 6.07) is 6.10. The summed E-state index contributed by atoms with van der Waals surface area (Å²) in [7, 11) is 0. The van der Waals surface area contributed by atoms with Gasteiger partial charge in [0, 0.05) is 0 Å². The van der Waals surface area contributed by atoms with Gasteiger partial charge in [0.1, 0.15) is 0 Å². The lowest BCUT2D eigenvalue weighted by molar-refractivity contribution is -0.0525. The molecule has 0 radical (unpaired) electrons. The van der Waals surface area contributed by atoms with Crippen molar-refractivity contribution in [2.24, 2.45) is 5.73 Å². The van der Waals surface area contributed by atoms with E-state index in [0.717, 1.165) is 18.4 Å². The molecule has 2 rings (SSSR count). The van der Waals surface area contributed by atoms with Gasteiger partial charge in [0.25, 0.3) is 0 Å². The van der Waals surface area contributed by atoms with Crippen LogP contribution in [0, 0.1) is 6.92 Å². The van der Waals surface area contributed by atoms with Gasteiger partial charge >= 0.3 is 0 Å². The Morgan fingerprint density at radius 3 is 2.63 bits per heavy atom. The number of ether oxygens (including phenoxy) is 2. The van der Waals surface area contributed by atoms with Crippen LogP contribution in [0.2, 0.25) is 0 Å². The van der Waals surface area contributed by atoms with Crippen molar-refractivity contribution in [3.05, 3.63) is 34.9 Å². The van der Waals surface area contributed by atoms with Crippen LogP contribution < -0.4 is 5.73 Å². The molecule has 1 aliphatic heterocycles. The van der Waals surface area contributed by atoms with Crippen LogP contribution in [0.3, 0.4) is 0 Å². The molecule has 1 heterocycles. The van der Waals surface area contributed by atoms with E-state index in [1.807, 2.05) is 26.0 Å². The Morgan fingerprint density at radius 2 is 2.05 bits per heavy atom. The van der Waals surface area contributed by atoms with Crippen molar-refractivity contribution in [3.63, 3.8) is 0 Å². The Hall–Kier alpha value is -0.940.